The highest BCUT2D eigenvalue weighted by Gasteiger charge is 2.36. The van der Waals surface area contributed by atoms with Gasteiger partial charge in [0.2, 0.25) is 11.8 Å². The second kappa shape index (κ2) is 7.18. The number of H-pyrrole nitrogens is 1. The van der Waals surface area contributed by atoms with Crippen molar-refractivity contribution < 1.29 is 9.59 Å². The summed E-state index contributed by atoms with van der Waals surface area (Å²) in [5, 5.41) is 7.10. The van der Waals surface area contributed by atoms with Crippen molar-refractivity contribution in [2.75, 3.05) is 13.1 Å². The van der Waals surface area contributed by atoms with Gasteiger partial charge in [-0.15, -0.1) is 0 Å². The number of carbonyl (C=O) groups is 2. The number of piperidine rings is 1. The molecule has 136 valence electrons. The van der Waals surface area contributed by atoms with Crippen LogP contribution in [-0.2, 0) is 22.6 Å². The van der Waals surface area contributed by atoms with Crippen LogP contribution < -0.4 is 0 Å². The molecule has 3 heterocycles. The number of likely N-dealkylation sites (tertiary alicyclic amines) is 1. The number of carbonyl (C=O) groups excluding carboxylic acids is 2. The van der Waals surface area contributed by atoms with Crippen molar-refractivity contribution in [2.45, 2.75) is 70.4 Å². The van der Waals surface area contributed by atoms with Gasteiger partial charge in [0.05, 0.1) is 12.1 Å². The minimum Gasteiger partial charge on any atom is -0.339 e. The topological polar surface area (TPSA) is 69.3 Å². The van der Waals surface area contributed by atoms with Gasteiger partial charge in [0, 0.05) is 49.8 Å². The standard InChI is InChI=1S/C19H28N4O2/c24-18-8-7-14(13-23(18)16-5-3-1-2-4-6-16)19(25)22-10-9-17-15(12-22)11-20-21-17/h11,14,16H,1-10,12-13H2,(H,20,21)/t14-/m1/s1. The molecule has 0 aromatic carbocycles. The smallest absolute Gasteiger partial charge is 0.227 e. The van der Waals surface area contributed by atoms with Gasteiger partial charge in [-0.1, -0.05) is 25.7 Å². The normalized spacial score (nSPS) is 25.6. The SMILES string of the molecule is O=C([C@@H]1CCC(=O)N(C2CCCCCC2)C1)N1CCc2[nH]ncc2C1. The molecule has 1 N–H and O–H groups in total. The largest absolute Gasteiger partial charge is 0.339 e. The third kappa shape index (κ3) is 3.44. The van der Waals surface area contributed by atoms with Crippen LogP contribution in [0.3, 0.4) is 0 Å². The molecule has 25 heavy (non-hydrogen) atoms. The Morgan fingerprint density at radius 1 is 1.12 bits per heavy atom. The number of fused-ring (bicyclic) bond motifs is 1. The number of rotatable bonds is 2. The molecule has 2 amide bonds. The van der Waals surface area contributed by atoms with Gasteiger partial charge < -0.3 is 9.80 Å². The van der Waals surface area contributed by atoms with Crippen molar-refractivity contribution in [1.82, 2.24) is 20.0 Å². The minimum atomic E-state index is -0.0330. The summed E-state index contributed by atoms with van der Waals surface area (Å²) in [5.41, 5.74) is 2.29. The summed E-state index contributed by atoms with van der Waals surface area (Å²) < 4.78 is 0. The number of aromatic nitrogens is 2. The molecule has 1 aliphatic carbocycles. The van der Waals surface area contributed by atoms with E-state index < -0.39 is 0 Å². The average molecular weight is 344 g/mol. The molecule has 6 nitrogen and oxygen atoms in total. The van der Waals surface area contributed by atoms with E-state index in [2.05, 4.69) is 10.2 Å². The minimum absolute atomic E-state index is 0.0330. The van der Waals surface area contributed by atoms with Crippen LogP contribution in [0, 0.1) is 5.92 Å². The highest BCUT2D eigenvalue weighted by atomic mass is 16.2. The fourth-order valence-electron chi connectivity index (χ4n) is 4.66. The van der Waals surface area contributed by atoms with E-state index in [0.29, 0.717) is 32.0 Å². The van der Waals surface area contributed by atoms with E-state index in [9.17, 15) is 9.59 Å². The maximum atomic E-state index is 13.0. The number of nitrogens with one attached hydrogen (secondary N) is 1. The quantitative estimate of drug-likeness (QED) is 0.837. The molecule has 1 aromatic heterocycles. The molecule has 1 saturated heterocycles. The van der Waals surface area contributed by atoms with Crippen molar-refractivity contribution in [3.05, 3.63) is 17.5 Å². The predicted molar refractivity (Wildman–Crippen MR) is 93.6 cm³/mol. The van der Waals surface area contributed by atoms with E-state index in [0.717, 1.165) is 37.1 Å². The molecule has 4 rings (SSSR count). The molecule has 0 radical (unpaired) electrons. The highest BCUT2D eigenvalue weighted by Crippen LogP contribution is 2.29. The van der Waals surface area contributed by atoms with E-state index in [4.69, 9.17) is 0 Å². The summed E-state index contributed by atoms with van der Waals surface area (Å²) in [6, 6.07) is 0.354. The van der Waals surface area contributed by atoms with Crippen molar-refractivity contribution in [3.8, 4) is 0 Å². The Balaban J connectivity index is 1.42. The van der Waals surface area contributed by atoms with Crippen LogP contribution in [0.4, 0.5) is 0 Å². The first-order valence-corrected chi connectivity index (χ1v) is 9.82. The molecule has 0 unspecified atom stereocenters. The van der Waals surface area contributed by atoms with Gasteiger partial charge in [0.1, 0.15) is 0 Å². The Labute approximate surface area is 148 Å². The Bertz CT molecular complexity index is 633. The zero-order valence-corrected chi connectivity index (χ0v) is 14.9. The van der Waals surface area contributed by atoms with Gasteiger partial charge >= 0.3 is 0 Å². The molecular formula is C19H28N4O2. The third-order valence-corrected chi connectivity index (χ3v) is 6.17. The second-order valence-electron chi connectivity index (χ2n) is 7.81. The van der Waals surface area contributed by atoms with Crippen LogP contribution >= 0.6 is 0 Å². The number of amides is 2. The van der Waals surface area contributed by atoms with Crippen LogP contribution in [0.25, 0.3) is 0 Å². The Hall–Kier alpha value is -1.85. The molecular weight excluding hydrogens is 316 g/mol. The fraction of sp³-hybridized carbons (Fsp3) is 0.737. The van der Waals surface area contributed by atoms with Gasteiger partial charge in [0.25, 0.3) is 0 Å². The zero-order valence-electron chi connectivity index (χ0n) is 14.9. The van der Waals surface area contributed by atoms with Crippen LogP contribution in [0.15, 0.2) is 6.20 Å². The maximum Gasteiger partial charge on any atom is 0.227 e. The first-order chi connectivity index (χ1) is 12.2. The van der Waals surface area contributed by atoms with Gasteiger partial charge in [-0.2, -0.15) is 5.10 Å². The first-order valence-electron chi connectivity index (χ1n) is 9.82. The Kier molecular flexibility index (Phi) is 4.77. The Morgan fingerprint density at radius 2 is 1.92 bits per heavy atom. The lowest BCUT2D eigenvalue weighted by atomic mass is 9.92. The molecule has 0 spiro atoms. The van der Waals surface area contributed by atoms with Gasteiger partial charge in [-0.05, 0) is 19.3 Å². The summed E-state index contributed by atoms with van der Waals surface area (Å²) in [6.45, 7) is 2.03. The van der Waals surface area contributed by atoms with E-state index in [-0.39, 0.29) is 17.7 Å². The summed E-state index contributed by atoms with van der Waals surface area (Å²) in [5.74, 6) is 0.444. The highest BCUT2D eigenvalue weighted by molar-refractivity contribution is 5.84. The van der Waals surface area contributed by atoms with Crippen LogP contribution in [-0.4, -0.2) is 50.9 Å². The summed E-state index contributed by atoms with van der Waals surface area (Å²) >= 11 is 0. The Morgan fingerprint density at radius 3 is 2.72 bits per heavy atom. The third-order valence-electron chi connectivity index (χ3n) is 6.17. The first kappa shape index (κ1) is 16.6. The second-order valence-corrected chi connectivity index (χ2v) is 7.81. The van der Waals surface area contributed by atoms with Crippen molar-refractivity contribution in [1.29, 1.82) is 0 Å². The van der Waals surface area contributed by atoms with Gasteiger partial charge in [0.15, 0.2) is 0 Å². The van der Waals surface area contributed by atoms with Gasteiger partial charge in [-0.3, -0.25) is 14.7 Å². The summed E-state index contributed by atoms with van der Waals surface area (Å²) in [4.78, 5) is 29.5. The molecule has 0 bridgehead atoms. The van der Waals surface area contributed by atoms with E-state index in [1.165, 1.54) is 25.7 Å². The lowest BCUT2D eigenvalue weighted by molar-refractivity contribution is -0.145. The molecule has 1 atom stereocenters. The van der Waals surface area contributed by atoms with Crippen molar-refractivity contribution in [3.63, 3.8) is 0 Å². The molecule has 6 heteroatoms. The monoisotopic (exact) mass is 344 g/mol. The van der Waals surface area contributed by atoms with E-state index in [1.54, 1.807) is 0 Å². The number of hydrogen-bond acceptors (Lipinski definition) is 3. The van der Waals surface area contributed by atoms with E-state index >= 15 is 0 Å². The number of nitrogens with zero attached hydrogens (tertiary/aromatic N) is 3. The molecule has 2 fully saturated rings. The number of hydrogen-bond donors (Lipinski definition) is 1. The molecule has 1 saturated carbocycles. The van der Waals surface area contributed by atoms with E-state index in [1.807, 2.05) is 16.0 Å². The lowest BCUT2D eigenvalue weighted by Gasteiger charge is -2.39. The molecule has 2 aliphatic heterocycles. The zero-order chi connectivity index (χ0) is 17.2. The average Bonchev–Trinajstić information content (AvgIpc) is 2.94. The lowest BCUT2D eigenvalue weighted by Crippen LogP contribution is -2.51. The fourth-order valence-corrected chi connectivity index (χ4v) is 4.66. The van der Waals surface area contributed by atoms with Crippen LogP contribution in [0.5, 0.6) is 0 Å². The molecule has 3 aliphatic rings. The number of aromatic amines is 1. The van der Waals surface area contributed by atoms with Crippen molar-refractivity contribution >= 4 is 11.8 Å². The van der Waals surface area contributed by atoms with Gasteiger partial charge in [-0.25, -0.2) is 0 Å². The van der Waals surface area contributed by atoms with Crippen LogP contribution in [0.1, 0.15) is 62.6 Å². The molecule has 1 aromatic rings. The predicted octanol–water partition coefficient (Wildman–Crippen LogP) is 2.26. The van der Waals surface area contributed by atoms with Crippen LogP contribution in [0.2, 0.25) is 0 Å². The summed E-state index contributed by atoms with van der Waals surface area (Å²) in [7, 11) is 0. The van der Waals surface area contributed by atoms with Crippen molar-refractivity contribution in [2.24, 2.45) is 5.92 Å². The maximum absolute atomic E-state index is 13.0. The summed E-state index contributed by atoms with van der Waals surface area (Å²) in [6.07, 6.45) is 11.1.